The minimum atomic E-state index is -1.62. The van der Waals surface area contributed by atoms with Crippen LogP contribution in [0.5, 0.6) is 5.75 Å². The van der Waals surface area contributed by atoms with Crippen molar-refractivity contribution in [2.45, 2.75) is 30.7 Å². The van der Waals surface area contributed by atoms with Crippen molar-refractivity contribution in [1.29, 1.82) is 0 Å². The third-order valence-electron chi connectivity index (χ3n) is 3.15. The van der Waals surface area contributed by atoms with Crippen molar-refractivity contribution in [3.8, 4) is 5.75 Å². The van der Waals surface area contributed by atoms with Gasteiger partial charge in [-0.2, -0.15) is 0 Å². The second-order valence-corrected chi connectivity index (χ2v) is 4.54. The summed E-state index contributed by atoms with van der Waals surface area (Å²) in [5.41, 5.74) is -0.338. The Labute approximate surface area is 119 Å². The fourth-order valence-corrected chi connectivity index (χ4v) is 2.00. The van der Waals surface area contributed by atoms with Crippen LogP contribution in [-0.2, 0) is 4.74 Å². The van der Waals surface area contributed by atoms with Gasteiger partial charge in [0.1, 0.15) is 24.4 Å². The monoisotopic (exact) mass is 301 g/mol. The predicted octanol–water partition coefficient (Wildman–Crippen LogP) is -1.23. The van der Waals surface area contributed by atoms with E-state index in [4.69, 9.17) is 14.6 Å². The van der Waals surface area contributed by atoms with E-state index >= 15 is 0 Å². The van der Waals surface area contributed by atoms with Gasteiger partial charge in [0.2, 0.25) is 6.29 Å². The molecule has 9 heteroatoms. The number of ether oxygens (including phenoxy) is 2. The molecular weight excluding hydrogens is 286 g/mol. The van der Waals surface area contributed by atoms with E-state index in [1.54, 1.807) is 0 Å². The van der Waals surface area contributed by atoms with E-state index in [1.807, 2.05) is 0 Å². The van der Waals surface area contributed by atoms with Crippen LogP contribution in [0, 0.1) is 10.1 Å². The van der Waals surface area contributed by atoms with Crippen LogP contribution in [0.15, 0.2) is 24.3 Å². The first-order valence-electron chi connectivity index (χ1n) is 6.16. The largest absolute Gasteiger partial charge is 0.455 e. The highest BCUT2D eigenvalue weighted by Crippen LogP contribution is 2.30. The van der Waals surface area contributed by atoms with Crippen LogP contribution < -0.4 is 4.74 Å². The van der Waals surface area contributed by atoms with Crippen molar-refractivity contribution >= 4 is 5.69 Å². The zero-order chi connectivity index (χ0) is 15.6. The van der Waals surface area contributed by atoms with Crippen molar-refractivity contribution in [2.75, 3.05) is 6.61 Å². The van der Waals surface area contributed by atoms with Gasteiger partial charge in [-0.05, 0) is 6.07 Å². The molecule has 1 fully saturated rings. The lowest BCUT2D eigenvalue weighted by Crippen LogP contribution is -2.60. The van der Waals surface area contributed by atoms with Crippen LogP contribution >= 0.6 is 0 Å². The number of benzene rings is 1. The van der Waals surface area contributed by atoms with Crippen LogP contribution in [0.1, 0.15) is 0 Å². The van der Waals surface area contributed by atoms with Gasteiger partial charge >= 0.3 is 5.69 Å². The Kier molecular flexibility index (Phi) is 4.70. The molecule has 1 aliphatic rings. The van der Waals surface area contributed by atoms with Gasteiger partial charge in [-0.15, -0.1) is 0 Å². The number of nitro groups is 1. The minimum absolute atomic E-state index is 0.160. The molecule has 0 bridgehead atoms. The maximum absolute atomic E-state index is 10.9. The molecule has 0 amide bonds. The van der Waals surface area contributed by atoms with Gasteiger partial charge in [0.15, 0.2) is 5.75 Å². The van der Waals surface area contributed by atoms with Crippen molar-refractivity contribution in [3.05, 3.63) is 34.4 Å². The Morgan fingerprint density at radius 1 is 1.19 bits per heavy atom. The number of rotatable bonds is 4. The Bertz CT molecular complexity index is 508. The zero-order valence-electron chi connectivity index (χ0n) is 10.8. The highest BCUT2D eigenvalue weighted by atomic mass is 16.7. The lowest BCUT2D eigenvalue weighted by atomic mass is 9.99. The predicted molar refractivity (Wildman–Crippen MR) is 67.5 cm³/mol. The molecule has 0 unspecified atom stereocenters. The molecule has 116 valence electrons. The number of aliphatic hydroxyl groups is 4. The number of nitro benzene ring substituents is 1. The van der Waals surface area contributed by atoms with E-state index in [1.165, 1.54) is 24.3 Å². The van der Waals surface area contributed by atoms with Crippen LogP contribution in [-0.4, -0.2) is 62.7 Å². The van der Waals surface area contributed by atoms with Crippen molar-refractivity contribution in [2.24, 2.45) is 0 Å². The average Bonchev–Trinajstić information content (AvgIpc) is 2.48. The third kappa shape index (κ3) is 3.12. The van der Waals surface area contributed by atoms with Crippen LogP contribution in [0.25, 0.3) is 0 Å². The molecule has 1 heterocycles. The molecule has 0 aromatic heterocycles. The first-order chi connectivity index (χ1) is 9.95. The summed E-state index contributed by atoms with van der Waals surface area (Å²) in [6.07, 6.45) is -7.35. The summed E-state index contributed by atoms with van der Waals surface area (Å²) in [6.45, 7) is -0.609. The smallest absolute Gasteiger partial charge is 0.311 e. The highest BCUT2D eigenvalue weighted by molar-refractivity contribution is 5.45. The molecule has 1 aliphatic heterocycles. The summed E-state index contributed by atoms with van der Waals surface area (Å²) >= 11 is 0. The summed E-state index contributed by atoms with van der Waals surface area (Å²) in [5.74, 6) is -0.160. The van der Waals surface area contributed by atoms with Crippen molar-refractivity contribution < 1.29 is 34.8 Å². The average molecular weight is 301 g/mol. The number of hydrogen-bond acceptors (Lipinski definition) is 8. The Hall–Kier alpha value is -1.78. The van der Waals surface area contributed by atoms with Crippen LogP contribution in [0.3, 0.4) is 0 Å². The number of para-hydroxylation sites is 2. The molecule has 5 atom stereocenters. The molecule has 1 saturated heterocycles. The lowest BCUT2D eigenvalue weighted by Gasteiger charge is -2.39. The van der Waals surface area contributed by atoms with Gasteiger partial charge in [-0.3, -0.25) is 10.1 Å². The molecule has 0 radical (unpaired) electrons. The Balaban J connectivity index is 2.20. The van der Waals surface area contributed by atoms with Gasteiger partial charge in [0, 0.05) is 6.07 Å². The Morgan fingerprint density at radius 3 is 2.48 bits per heavy atom. The van der Waals surface area contributed by atoms with Crippen molar-refractivity contribution in [3.63, 3.8) is 0 Å². The molecule has 9 nitrogen and oxygen atoms in total. The van der Waals surface area contributed by atoms with E-state index in [-0.39, 0.29) is 11.4 Å². The van der Waals surface area contributed by atoms with Gasteiger partial charge in [-0.25, -0.2) is 0 Å². The summed E-state index contributed by atoms with van der Waals surface area (Å²) in [4.78, 5) is 10.2. The normalized spacial score (nSPS) is 32.7. The number of hydrogen-bond donors (Lipinski definition) is 4. The van der Waals surface area contributed by atoms with Crippen LogP contribution in [0.2, 0.25) is 0 Å². The standard InChI is InChI=1S/C12H15NO8/c14-5-8-9(15)10(16)11(17)12(21-8)20-7-4-2-1-3-6(7)13(18)19/h1-4,8-12,14-17H,5H2/t8-,9+,10+,11+,12-/m1/s1. The lowest BCUT2D eigenvalue weighted by molar-refractivity contribution is -0.387. The highest BCUT2D eigenvalue weighted by Gasteiger charge is 2.45. The first kappa shape index (κ1) is 15.6. The second kappa shape index (κ2) is 6.33. The van der Waals surface area contributed by atoms with E-state index in [0.717, 1.165) is 0 Å². The fraction of sp³-hybridized carbons (Fsp3) is 0.500. The summed E-state index contributed by atoms with van der Waals surface area (Å²) < 4.78 is 10.3. The Morgan fingerprint density at radius 2 is 1.86 bits per heavy atom. The van der Waals surface area contributed by atoms with Gasteiger partial charge in [-0.1, -0.05) is 12.1 Å². The van der Waals surface area contributed by atoms with E-state index < -0.39 is 42.2 Å². The first-order valence-corrected chi connectivity index (χ1v) is 6.16. The third-order valence-corrected chi connectivity index (χ3v) is 3.15. The number of nitrogens with zero attached hydrogens (tertiary/aromatic N) is 1. The topological polar surface area (TPSA) is 143 Å². The van der Waals surface area contributed by atoms with Gasteiger partial charge in [0.25, 0.3) is 0 Å². The summed E-state index contributed by atoms with van der Waals surface area (Å²) in [6, 6.07) is 5.45. The van der Waals surface area contributed by atoms with Crippen molar-refractivity contribution in [1.82, 2.24) is 0 Å². The maximum atomic E-state index is 10.9. The number of aliphatic hydroxyl groups excluding tert-OH is 4. The van der Waals surface area contributed by atoms with E-state index in [2.05, 4.69) is 0 Å². The quantitative estimate of drug-likeness (QED) is 0.400. The molecule has 21 heavy (non-hydrogen) atoms. The molecule has 0 spiro atoms. The maximum Gasteiger partial charge on any atom is 0.311 e. The molecular formula is C12H15NO8. The molecule has 1 aromatic rings. The molecule has 0 saturated carbocycles. The van der Waals surface area contributed by atoms with Gasteiger partial charge in [0.05, 0.1) is 11.5 Å². The van der Waals surface area contributed by atoms with Gasteiger partial charge < -0.3 is 29.9 Å². The summed E-state index contributed by atoms with van der Waals surface area (Å²) in [5, 5.41) is 49.0. The minimum Gasteiger partial charge on any atom is -0.455 e. The van der Waals surface area contributed by atoms with E-state index in [0.29, 0.717) is 0 Å². The van der Waals surface area contributed by atoms with Crippen LogP contribution in [0.4, 0.5) is 5.69 Å². The van der Waals surface area contributed by atoms with E-state index in [9.17, 15) is 25.4 Å². The molecule has 0 aliphatic carbocycles. The molecule has 4 N–H and O–H groups in total. The molecule has 1 aromatic carbocycles. The second-order valence-electron chi connectivity index (χ2n) is 4.54. The summed E-state index contributed by atoms with van der Waals surface area (Å²) in [7, 11) is 0. The zero-order valence-corrected chi connectivity index (χ0v) is 10.8. The molecule has 2 rings (SSSR count). The SMILES string of the molecule is O=[N+]([O-])c1ccccc1O[C@@H]1O[C@H](CO)[C@H](O)[C@H](O)[C@@H]1O. The fourth-order valence-electron chi connectivity index (χ4n) is 2.00.